The first-order chi connectivity index (χ1) is 8.74. The molecule has 0 radical (unpaired) electrons. The summed E-state index contributed by atoms with van der Waals surface area (Å²) in [4.78, 5) is -2.62. The van der Waals surface area contributed by atoms with Gasteiger partial charge in [-0.15, -0.1) is 0 Å². The van der Waals surface area contributed by atoms with Gasteiger partial charge in [0, 0.05) is 5.56 Å². The molecule has 0 bridgehead atoms. The third-order valence-electron chi connectivity index (χ3n) is 2.08. The molecule has 114 valence electrons. The predicted octanol–water partition coefficient (Wildman–Crippen LogP) is -11.0. The molecule has 23 heavy (non-hydrogen) atoms. The van der Waals surface area contributed by atoms with Crippen LogP contribution in [0.2, 0.25) is 0 Å². The monoisotopic (exact) mass is 414 g/mol. The van der Waals surface area contributed by atoms with Gasteiger partial charge in [0.15, 0.2) is 5.44 Å². The molecule has 0 amide bonds. The van der Waals surface area contributed by atoms with Crippen molar-refractivity contribution in [2.75, 3.05) is 0 Å². The van der Waals surface area contributed by atoms with Gasteiger partial charge in [0.05, 0.1) is 9.79 Å². The van der Waals surface area contributed by atoms with Gasteiger partial charge in [0.25, 0.3) is 0 Å². The largest absolute Gasteiger partial charge is 1.00 e. The van der Waals surface area contributed by atoms with E-state index in [9.17, 15) is 38.9 Å². The van der Waals surface area contributed by atoms with Crippen molar-refractivity contribution in [3.05, 3.63) is 23.8 Å². The smallest absolute Gasteiger partial charge is 0.746 e. The molecule has 1 unspecified atom stereocenters. The van der Waals surface area contributed by atoms with Crippen molar-refractivity contribution in [2.45, 2.75) is 15.2 Å². The van der Waals surface area contributed by atoms with E-state index in [1.54, 1.807) is 0 Å². The summed E-state index contributed by atoms with van der Waals surface area (Å²) >= 11 is 0. The molecule has 0 aliphatic rings. The first-order valence-corrected chi connectivity index (χ1v) is 8.72. The number of benzene rings is 1. The van der Waals surface area contributed by atoms with E-state index < -0.39 is 51.1 Å². The Morgan fingerprint density at radius 3 is 1.57 bits per heavy atom. The van der Waals surface area contributed by atoms with Crippen LogP contribution in [0.5, 0.6) is 0 Å². The van der Waals surface area contributed by atoms with Gasteiger partial charge in [-0.25, -0.2) is 25.3 Å². The molecule has 10 nitrogen and oxygen atoms in total. The summed E-state index contributed by atoms with van der Waals surface area (Å²) in [7, 11) is -16.0. The van der Waals surface area contributed by atoms with Crippen molar-refractivity contribution in [2.24, 2.45) is 0 Å². The molecule has 0 spiro atoms. The van der Waals surface area contributed by atoms with E-state index >= 15 is 0 Å². The van der Waals surface area contributed by atoms with E-state index in [0.29, 0.717) is 12.1 Å². The number of hydrogen-bond acceptors (Lipinski definition) is 10. The van der Waals surface area contributed by atoms with Crippen LogP contribution in [-0.4, -0.2) is 44.0 Å². The third kappa shape index (κ3) is 8.43. The Bertz CT molecular complexity index is 846. The Labute approximate surface area is 199 Å². The van der Waals surface area contributed by atoms with E-state index in [0.717, 1.165) is 0 Å². The first kappa shape index (κ1) is 29.7. The molecule has 1 N–H and O–H groups in total. The topological polar surface area (TPSA) is 192 Å². The zero-order chi connectivity index (χ0) is 15.9. The number of hydrogen-bond donors (Lipinski definition) is 1. The normalized spacial score (nSPS) is 13.0. The van der Waals surface area contributed by atoms with Crippen molar-refractivity contribution >= 4 is 30.4 Å². The Morgan fingerprint density at radius 2 is 1.26 bits per heavy atom. The Morgan fingerprint density at radius 1 is 0.826 bits per heavy atom. The molecule has 0 fully saturated rings. The van der Waals surface area contributed by atoms with Crippen LogP contribution in [0.15, 0.2) is 28.0 Å². The van der Waals surface area contributed by atoms with Crippen molar-refractivity contribution in [1.29, 1.82) is 0 Å². The Kier molecular flexibility index (Phi) is 13.3. The summed E-state index contributed by atoms with van der Waals surface area (Å²) in [6.07, 6.45) is 0. The van der Waals surface area contributed by atoms with Gasteiger partial charge in [-0.3, -0.25) is 0 Å². The van der Waals surface area contributed by atoms with Crippen molar-refractivity contribution in [3.63, 3.8) is 0 Å². The molecule has 0 aromatic heterocycles. The quantitative estimate of drug-likeness (QED) is 0.365. The van der Waals surface area contributed by atoms with E-state index in [-0.39, 0.29) is 94.7 Å². The standard InChI is InChI=1S/C7H8O10S3.3Na/c8-7(20(15,16)17)5-2-1-4(18(9,10)11)3-6(5)19(12,13)14;;;/h1-3,7-8H,(H,9,10,11)(H,12,13,14)(H,15,16,17);;;/q;3*+1/p-3. The molecule has 0 aliphatic heterocycles. The summed E-state index contributed by atoms with van der Waals surface area (Å²) in [6, 6.07) is 0.921. The fourth-order valence-electron chi connectivity index (χ4n) is 1.25. The average Bonchev–Trinajstić information content (AvgIpc) is 2.23. The fraction of sp³-hybridized carbons (Fsp3) is 0.143. The first-order valence-electron chi connectivity index (χ1n) is 4.43. The van der Waals surface area contributed by atoms with Crippen molar-refractivity contribution in [1.82, 2.24) is 0 Å². The van der Waals surface area contributed by atoms with Gasteiger partial charge in [-0.05, 0) is 12.1 Å². The van der Waals surface area contributed by atoms with Gasteiger partial charge >= 0.3 is 88.7 Å². The molecule has 0 aliphatic carbocycles. The van der Waals surface area contributed by atoms with E-state index in [1.165, 1.54) is 0 Å². The summed E-state index contributed by atoms with van der Waals surface area (Å²) in [5.74, 6) is 0. The maximum absolute atomic E-state index is 10.9. The second-order valence-electron chi connectivity index (χ2n) is 3.45. The minimum Gasteiger partial charge on any atom is -0.746 e. The van der Waals surface area contributed by atoms with Crippen LogP contribution in [0.1, 0.15) is 11.0 Å². The SMILES string of the molecule is O=S(=O)([O-])c1ccc(C(O)S(=O)(=O)[O-])c(S(=O)(=O)[O-])c1.[Na+].[Na+].[Na+]. The van der Waals surface area contributed by atoms with Crippen LogP contribution in [0, 0.1) is 0 Å². The predicted molar refractivity (Wildman–Crippen MR) is 57.0 cm³/mol. The van der Waals surface area contributed by atoms with Gasteiger partial charge < -0.3 is 18.8 Å². The van der Waals surface area contributed by atoms with Gasteiger partial charge in [0.1, 0.15) is 30.4 Å². The number of aliphatic hydroxyl groups excluding tert-OH is 1. The van der Waals surface area contributed by atoms with Crippen LogP contribution >= 0.6 is 0 Å². The number of aliphatic hydroxyl groups is 1. The van der Waals surface area contributed by atoms with Crippen LogP contribution in [0.25, 0.3) is 0 Å². The Hall–Kier alpha value is 1.91. The third-order valence-corrected chi connectivity index (χ3v) is 4.61. The maximum atomic E-state index is 10.9. The van der Waals surface area contributed by atoms with Gasteiger partial charge in [0.2, 0.25) is 0 Å². The molecule has 0 saturated carbocycles. The van der Waals surface area contributed by atoms with E-state index in [2.05, 4.69) is 0 Å². The molecule has 16 heteroatoms. The van der Waals surface area contributed by atoms with Gasteiger partial charge in [-0.2, -0.15) is 0 Å². The maximum Gasteiger partial charge on any atom is 1.00 e. The minimum absolute atomic E-state index is 0. The van der Waals surface area contributed by atoms with Crippen LogP contribution in [0.3, 0.4) is 0 Å². The minimum atomic E-state index is -5.44. The molecule has 1 rings (SSSR count). The summed E-state index contributed by atoms with van der Waals surface area (Å²) in [5.41, 5.74) is -4.04. The van der Waals surface area contributed by atoms with Crippen molar-refractivity contribution in [3.8, 4) is 0 Å². The van der Waals surface area contributed by atoms with Crippen molar-refractivity contribution < 1.29 is 133 Å². The molecular formula is C7H5Na3O10S3. The molecule has 0 heterocycles. The second-order valence-corrected chi connectivity index (χ2v) is 7.61. The fourth-order valence-corrected chi connectivity index (χ4v) is 3.15. The van der Waals surface area contributed by atoms with E-state index in [1.807, 2.05) is 0 Å². The van der Waals surface area contributed by atoms with Gasteiger partial charge in [-0.1, -0.05) is 6.07 Å². The number of rotatable bonds is 4. The molecule has 1 aromatic carbocycles. The zero-order valence-electron chi connectivity index (χ0n) is 12.2. The Balaban J connectivity index is -0.00000133. The average molecular weight is 414 g/mol. The van der Waals surface area contributed by atoms with Crippen LogP contribution < -0.4 is 88.7 Å². The molecule has 1 aromatic rings. The zero-order valence-corrected chi connectivity index (χ0v) is 20.6. The summed E-state index contributed by atoms with van der Waals surface area (Å²) in [6.45, 7) is 0. The summed E-state index contributed by atoms with van der Waals surface area (Å²) < 4.78 is 96.6. The molecule has 1 atom stereocenters. The van der Waals surface area contributed by atoms with E-state index in [4.69, 9.17) is 5.11 Å². The summed E-state index contributed by atoms with van der Waals surface area (Å²) in [5, 5.41) is 9.16. The van der Waals surface area contributed by atoms with Crippen LogP contribution in [-0.2, 0) is 30.4 Å². The molecular weight excluding hydrogens is 409 g/mol. The second kappa shape index (κ2) is 10.3. The molecule has 0 saturated heterocycles. The van der Waals surface area contributed by atoms with Crippen LogP contribution in [0.4, 0.5) is 0 Å².